The maximum Gasteiger partial charge on any atom is 0.319 e. The van der Waals surface area contributed by atoms with E-state index in [1.54, 1.807) is 24.3 Å². The molecule has 7 nitrogen and oxygen atoms in total. The molecule has 160 valence electrons. The van der Waals surface area contributed by atoms with E-state index in [1.807, 2.05) is 25.1 Å². The van der Waals surface area contributed by atoms with Crippen molar-refractivity contribution in [1.29, 1.82) is 0 Å². The summed E-state index contributed by atoms with van der Waals surface area (Å²) in [7, 11) is 0. The molecule has 2 atom stereocenters. The Morgan fingerprint density at radius 2 is 1.67 bits per heavy atom. The molecule has 4 amide bonds. The van der Waals surface area contributed by atoms with E-state index in [2.05, 4.69) is 33.4 Å². The first-order valence-corrected chi connectivity index (χ1v) is 10.5. The summed E-state index contributed by atoms with van der Waals surface area (Å²) in [6.45, 7) is 3.26. The van der Waals surface area contributed by atoms with Crippen molar-refractivity contribution in [1.82, 2.24) is 10.6 Å². The monoisotopic (exact) mass is 410 g/mol. The Labute approximate surface area is 177 Å². The van der Waals surface area contributed by atoms with Gasteiger partial charge in [0.15, 0.2) is 0 Å². The highest BCUT2D eigenvalue weighted by atomic mass is 16.5. The van der Waals surface area contributed by atoms with Gasteiger partial charge in [-0.15, -0.1) is 0 Å². The predicted molar refractivity (Wildman–Crippen MR) is 119 cm³/mol. The van der Waals surface area contributed by atoms with Crippen molar-refractivity contribution in [3.8, 4) is 0 Å². The van der Waals surface area contributed by atoms with E-state index >= 15 is 0 Å². The van der Waals surface area contributed by atoms with Gasteiger partial charge in [0, 0.05) is 30.6 Å². The first-order chi connectivity index (χ1) is 14.6. The summed E-state index contributed by atoms with van der Waals surface area (Å²) < 4.78 is 5.48. The minimum absolute atomic E-state index is 0.0543. The molecule has 30 heavy (non-hydrogen) atoms. The third-order valence-electron chi connectivity index (χ3n) is 5.00. The summed E-state index contributed by atoms with van der Waals surface area (Å²) in [5.74, 6) is 0. The van der Waals surface area contributed by atoms with E-state index in [9.17, 15) is 9.59 Å². The number of carbonyl (C=O) groups excluding carboxylic acids is 2. The zero-order chi connectivity index (χ0) is 21.2. The van der Waals surface area contributed by atoms with Crippen molar-refractivity contribution in [2.24, 2.45) is 0 Å². The van der Waals surface area contributed by atoms with E-state index < -0.39 is 0 Å². The molecule has 1 aliphatic heterocycles. The van der Waals surface area contributed by atoms with E-state index in [0.29, 0.717) is 17.9 Å². The number of nitrogens with one attached hydrogen (secondary N) is 4. The van der Waals surface area contributed by atoms with E-state index in [1.165, 1.54) is 5.56 Å². The fourth-order valence-electron chi connectivity index (χ4n) is 3.32. The maximum absolute atomic E-state index is 12.2. The lowest BCUT2D eigenvalue weighted by Gasteiger charge is -2.15. The van der Waals surface area contributed by atoms with Crippen LogP contribution in [0, 0.1) is 0 Å². The first-order valence-electron chi connectivity index (χ1n) is 10.5. The molecule has 1 heterocycles. The van der Waals surface area contributed by atoms with Gasteiger partial charge < -0.3 is 26.0 Å². The second kappa shape index (κ2) is 11.2. The number of aryl methyl sites for hydroxylation is 1. The Morgan fingerprint density at radius 1 is 1.00 bits per heavy atom. The average molecular weight is 411 g/mol. The lowest BCUT2D eigenvalue weighted by Crippen LogP contribution is -2.36. The highest BCUT2D eigenvalue weighted by Crippen LogP contribution is 2.14. The van der Waals surface area contributed by atoms with Crippen LogP contribution in [0.5, 0.6) is 0 Å². The lowest BCUT2D eigenvalue weighted by atomic mass is 10.1. The topological polar surface area (TPSA) is 91.5 Å². The molecule has 0 radical (unpaired) electrons. The Kier molecular flexibility index (Phi) is 8.09. The Morgan fingerprint density at radius 3 is 2.30 bits per heavy atom. The molecule has 0 spiro atoms. The van der Waals surface area contributed by atoms with Gasteiger partial charge in [-0.1, -0.05) is 30.3 Å². The predicted octanol–water partition coefficient (Wildman–Crippen LogP) is 4.13. The zero-order valence-corrected chi connectivity index (χ0v) is 17.3. The normalized spacial score (nSPS) is 16.5. The van der Waals surface area contributed by atoms with Crippen molar-refractivity contribution < 1.29 is 14.3 Å². The van der Waals surface area contributed by atoms with E-state index in [-0.39, 0.29) is 24.2 Å². The first kappa shape index (κ1) is 21.6. The summed E-state index contributed by atoms with van der Waals surface area (Å²) in [6.07, 6.45) is 3.91. The number of hydrogen-bond donors (Lipinski definition) is 4. The molecule has 0 aliphatic carbocycles. The minimum atomic E-state index is -0.267. The van der Waals surface area contributed by atoms with Crippen LogP contribution in [0.2, 0.25) is 0 Å². The molecule has 1 saturated heterocycles. The molecule has 0 aromatic heterocycles. The summed E-state index contributed by atoms with van der Waals surface area (Å²) in [6, 6.07) is 16.8. The summed E-state index contributed by atoms with van der Waals surface area (Å²) in [5, 5.41) is 11.4. The Hall–Kier alpha value is -3.06. The van der Waals surface area contributed by atoms with Crippen molar-refractivity contribution in [3.05, 3.63) is 60.2 Å². The quantitative estimate of drug-likeness (QED) is 0.527. The van der Waals surface area contributed by atoms with Gasteiger partial charge in [0.1, 0.15) is 0 Å². The molecule has 4 N–H and O–H groups in total. The van der Waals surface area contributed by atoms with Gasteiger partial charge in [-0.05, 0) is 62.4 Å². The van der Waals surface area contributed by atoms with E-state index in [4.69, 9.17) is 4.74 Å². The average Bonchev–Trinajstić information content (AvgIpc) is 3.27. The van der Waals surface area contributed by atoms with Crippen LogP contribution in [0.25, 0.3) is 0 Å². The number of anilines is 2. The molecule has 3 rings (SSSR count). The second-order valence-corrected chi connectivity index (χ2v) is 7.57. The third-order valence-corrected chi connectivity index (χ3v) is 5.00. The fourth-order valence-corrected chi connectivity index (χ4v) is 3.32. The van der Waals surface area contributed by atoms with Crippen LogP contribution in [0.4, 0.5) is 21.0 Å². The van der Waals surface area contributed by atoms with Crippen molar-refractivity contribution in [2.45, 2.75) is 44.8 Å². The molecule has 7 heteroatoms. The third kappa shape index (κ3) is 7.40. The SMILES string of the molecule is CC(CCc1ccccc1)NC(=O)Nc1ccc(NC(=O)NCC2CCCO2)cc1. The van der Waals surface area contributed by atoms with Gasteiger partial charge in [-0.25, -0.2) is 9.59 Å². The Balaban J connectivity index is 1.36. The molecule has 2 unspecified atom stereocenters. The molecule has 0 saturated carbocycles. The van der Waals surface area contributed by atoms with Crippen LogP contribution >= 0.6 is 0 Å². The Bertz CT molecular complexity index is 805. The molecule has 1 aliphatic rings. The van der Waals surface area contributed by atoms with Crippen molar-refractivity contribution in [3.63, 3.8) is 0 Å². The van der Waals surface area contributed by atoms with Gasteiger partial charge >= 0.3 is 12.1 Å². The van der Waals surface area contributed by atoms with E-state index in [0.717, 1.165) is 32.3 Å². The zero-order valence-electron chi connectivity index (χ0n) is 17.3. The maximum atomic E-state index is 12.2. The molecular formula is C23H30N4O3. The van der Waals surface area contributed by atoms with Crippen LogP contribution in [-0.4, -0.2) is 37.4 Å². The highest BCUT2D eigenvalue weighted by molar-refractivity contribution is 5.91. The molecule has 2 aromatic rings. The number of rotatable bonds is 8. The van der Waals surface area contributed by atoms with Crippen LogP contribution in [-0.2, 0) is 11.2 Å². The number of benzene rings is 2. The smallest absolute Gasteiger partial charge is 0.319 e. The number of hydrogen-bond acceptors (Lipinski definition) is 3. The number of urea groups is 2. The largest absolute Gasteiger partial charge is 0.376 e. The second-order valence-electron chi connectivity index (χ2n) is 7.57. The van der Waals surface area contributed by atoms with Gasteiger partial charge in [0.2, 0.25) is 0 Å². The van der Waals surface area contributed by atoms with Gasteiger partial charge in [0.25, 0.3) is 0 Å². The standard InChI is InChI=1S/C23H30N4O3/c1-17(9-10-18-6-3-2-4-7-18)25-23(29)27-20-13-11-19(12-14-20)26-22(28)24-16-21-8-5-15-30-21/h2-4,6-7,11-14,17,21H,5,8-10,15-16H2,1H3,(H2,24,26,28)(H2,25,27,29). The summed E-state index contributed by atoms with van der Waals surface area (Å²) in [4.78, 5) is 24.2. The van der Waals surface area contributed by atoms with Crippen molar-refractivity contribution in [2.75, 3.05) is 23.8 Å². The van der Waals surface area contributed by atoms with Gasteiger partial charge in [0.05, 0.1) is 6.10 Å². The molecule has 0 bridgehead atoms. The van der Waals surface area contributed by atoms with Gasteiger partial charge in [-0.2, -0.15) is 0 Å². The molecule has 1 fully saturated rings. The summed E-state index contributed by atoms with van der Waals surface area (Å²) in [5.41, 5.74) is 2.57. The van der Waals surface area contributed by atoms with Gasteiger partial charge in [-0.3, -0.25) is 0 Å². The highest BCUT2D eigenvalue weighted by Gasteiger charge is 2.16. The van der Waals surface area contributed by atoms with Crippen LogP contribution in [0.15, 0.2) is 54.6 Å². The minimum Gasteiger partial charge on any atom is -0.376 e. The fraction of sp³-hybridized carbons (Fsp3) is 0.391. The number of ether oxygens (including phenoxy) is 1. The number of carbonyl (C=O) groups is 2. The van der Waals surface area contributed by atoms with Crippen LogP contribution in [0.1, 0.15) is 31.7 Å². The van der Waals surface area contributed by atoms with Crippen LogP contribution < -0.4 is 21.3 Å². The lowest BCUT2D eigenvalue weighted by molar-refractivity contribution is 0.112. The molecular weight excluding hydrogens is 380 g/mol. The van der Waals surface area contributed by atoms with Crippen molar-refractivity contribution >= 4 is 23.4 Å². The van der Waals surface area contributed by atoms with Crippen LogP contribution in [0.3, 0.4) is 0 Å². The summed E-state index contributed by atoms with van der Waals surface area (Å²) >= 11 is 0. The molecule has 2 aromatic carbocycles. The number of amides is 4.